The largest absolute Gasteiger partial charge is 0.352 e. The van der Waals surface area contributed by atoms with Gasteiger partial charge >= 0.3 is 0 Å². The van der Waals surface area contributed by atoms with Crippen molar-refractivity contribution in [3.63, 3.8) is 0 Å². The summed E-state index contributed by atoms with van der Waals surface area (Å²) in [5.41, 5.74) is 1.23. The quantitative estimate of drug-likeness (QED) is 0.638. The third-order valence-electron chi connectivity index (χ3n) is 3.96. The normalized spacial score (nSPS) is 11.7. The number of pyridine rings is 1. The van der Waals surface area contributed by atoms with E-state index >= 15 is 0 Å². The standard InChI is InChI=1S/C20H16F3N3O/c1-12(13-5-3-2-4-6-13)25-20(27)17-9-7-14(11-24-17)26-16-10-8-15(21)18(22)19(16)23/h2-12,26H,1H3,(H,25,27). The van der Waals surface area contributed by atoms with Crippen LogP contribution in [0.2, 0.25) is 0 Å². The zero-order valence-electron chi connectivity index (χ0n) is 14.3. The maximum atomic E-state index is 13.7. The number of anilines is 2. The Morgan fingerprint density at radius 1 is 0.963 bits per heavy atom. The second kappa shape index (κ2) is 7.90. The van der Waals surface area contributed by atoms with Gasteiger partial charge in [-0.3, -0.25) is 4.79 Å². The van der Waals surface area contributed by atoms with Crippen LogP contribution >= 0.6 is 0 Å². The van der Waals surface area contributed by atoms with Crippen molar-refractivity contribution in [2.75, 3.05) is 5.32 Å². The number of amides is 1. The summed E-state index contributed by atoms with van der Waals surface area (Å²) in [6.45, 7) is 1.86. The van der Waals surface area contributed by atoms with E-state index in [1.165, 1.54) is 18.3 Å². The number of carbonyl (C=O) groups excluding carboxylic acids is 1. The molecule has 1 amide bonds. The highest BCUT2D eigenvalue weighted by atomic mass is 19.2. The molecular weight excluding hydrogens is 355 g/mol. The van der Waals surface area contributed by atoms with Crippen molar-refractivity contribution in [3.8, 4) is 0 Å². The summed E-state index contributed by atoms with van der Waals surface area (Å²) >= 11 is 0. The van der Waals surface area contributed by atoms with Crippen LogP contribution in [0.5, 0.6) is 0 Å². The lowest BCUT2D eigenvalue weighted by molar-refractivity contribution is 0.0935. The molecule has 27 heavy (non-hydrogen) atoms. The smallest absolute Gasteiger partial charge is 0.270 e. The molecule has 0 spiro atoms. The molecule has 4 nitrogen and oxygen atoms in total. The minimum Gasteiger partial charge on any atom is -0.352 e. The van der Waals surface area contributed by atoms with Crippen molar-refractivity contribution in [1.82, 2.24) is 10.3 Å². The van der Waals surface area contributed by atoms with Crippen LogP contribution < -0.4 is 10.6 Å². The Kier molecular flexibility index (Phi) is 5.40. The number of rotatable bonds is 5. The van der Waals surface area contributed by atoms with Crippen LogP contribution in [-0.2, 0) is 0 Å². The Balaban J connectivity index is 1.68. The average molecular weight is 371 g/mol. The maximum absolute atomic E-state index is 13.7. The molecule has 138 valence electrons. The molecule has 2 aromatic carbocycles. The molecule has 0 fully saturated rings. The fourth-order valence-electron chi connectivity index (χ4n) is 2.48. The summed E-state index contributed by atoms with van der Waals surface area (Å²) in [5.74, 6) is -4.51. The van der Waals surface area contributed by atoms with Crippen molar-refractivity contribution < 1.29 is 18.0 Å². The van der Waals surface area contributed by atoms with Crippen LogP contribution in [0.3, 0.4) is 0 Å². The third-order valence-corrected chi connectivity index (χ3v) is 3.96. The predicted molar refractivity (Wildman–Crippen MR) is 96.2 cm³/mol. The highest BCUT2D eigenvalue weighted by Gasteiger charge is 2.15. The van der Waals surface area contributed by atoms with Gasteiger partial charge in [-0.2, -0.15) is 0 Å². The molecule has 0 saturated heterocycles. The van der Waals surface area contributed by atoms with Crippen molar-refractivity contribution in [3.05, 3.63) is 89.5 Å². The van der Waals surface area contributed by atoms with Crippen LogP contribution in [0.4, 0.5) is 24.5 Å². The molecule has 1 aromatic heterocycles. The van der Waals surface area contributed by atoms with E-state index in [1.54, 1.807) is 0 Å². The van der Waals surface area contributed by atoms with Gasteiger partial charge in [0, 0.05) is 0 Å². The molecule has 1 atom stereocenters. The Bertz CT molecular complexity index is 947. The molecule has 0 aliphatic carbocycles. The van der Waals surface area contributed by atoms with Crippen molar-refractivity contribution in [2.45, 2.75) is 13.0 Å². The summed E-state index contributed by atoms with van der Waals surface area (Å²) in [7, 11) is 0. The minimum absolute atomic E-state index is 0.175. The van der Waals surface area contributed by atoms with Crippen LogP contribution in [0, 0.1) is 17.5 Å². The van der Waals surface area contributed by atoms with E-state index in [0.717, 1.165) is 17.7 Å². The van der Waals surface area contributed by atoms with Gasteiger partial charge in [0.05, 0.1) is 23.6 Å². The number of benzene rings is 2. The zero-order chi connectivity index (χ0) is 19.4. The molecule has 7 heteroatoms. The molecular formula is C20H16F3N3O. The first kappa shape index (κ1) is 18.4. The summed E-state index contributed by atoms with van der Waals surface area (Å²) in [5, 5.41) is 5.43. The third kappa shape index (κ3) is 4.25. The minimum atomic E-state index is -1.56. The first-order chi connectivity index (χ1) is 13.0. The van der Waals surface area contributed by atoms with Gasteiger partial charge in [0.15, 0.2) is 17.5 Å². The Morgan fingerprint density at radius 3 is 2.37 bits per heavy atom. The van der Waals surface area contributed by atoms with Crippen molar-refractivity contribution in [2.24, 2.45) is 0 Å². The van der Waals surface area contributed by atoms with Crippen LogP contribution in [0.25, 0.3) is 0 Å². The van der Waals surface area contributed by atoms with Gasteiger partial charge in [-0.25, -0.2) is 18.2 Å². The van der Waals surface area contributed by atoms with E-state index in [-0.39, 0.29) is 23.3 Å². The number of aromatic nitrogens is 1. The number of carbonyl (C=O) groups is 1. The summed E-state index contributed by atoms with van der Waals surface area (Å²) < 4.78 is 39.9. The monoisotopic (exact) mass is 371 g/mol. The molecule has 0 aliphatic rings. The first-order valence-corrected chi connectivity index (χ1v) is 8.18. The highest BCUT2D eigenvalue weighted by molar-refractivity contribution is 5.92. The van der Waals surface area contributed by atoms with Crippen molar-refractivity contribution >= 4 is 17.3 Å². The molecule has 0 saturated carbocycles. The maximum Gasteiger partial charge on any atom is 0.270 e. The second-order valence-electron chi connectivity index (χ2n) is 5.89. The van der Waals surface area contributed by atoms with Gasteiger partial charge in [0.2, 0.25) is 0 Å². The number of hydrogen-bond donors (Lipinski definition) is 2. The summed E-state index contributed by atoms with van der Waals surface area (Å²) in [6, 6.07) is 14.1. The van der Waals surface area contributed by atoms with E-state index in [4.69, 9.17) is 0 Å². The van der Waals surface area contributed by atoms with E-state index in [9.17, 15) is 18.0 Å². The number of nitrogens with one attached hydrogen (secondary N) is 2. The lowest BCUT2D eigenvalue weighted by Gasteiger charge is -2.14. The van der Waals surface area contributed by atoms with E-state index < -0.39 is 17.5 Å². The SMILES string of the molecule is CC(NC(=O)c1ccc(Nc2ccc(F)c(F)c2F)cn1)c1ccccc1. The Morgan fingerprint density at radius 2 is 1.70 bits per heavy atom. The predicted octanol–water partition coefficient (Wildman–Crippen LogP) is 4.73. The topological polar surface area (TPSA) is 54.0 Å². The molecule has 3 aromatic rings. The van der Waals surface area contributed by atoms with Gasteiger partial charge in [-0.1, -0.05) is 30.3 Å². The fourth-order valence-corrected chi connectivity index (χ4v) is 2.48. The van der Waals surface area contributed by atoms with Gasteiger partial charge in [-0.15, -0.1) is 0 Å². The Hall–Kier alpha value is -3.35. The number of hydrogen-bond acceptors (Lipinski definition) is 3. The Labute approximate surface area is 154 Å². The summed E-state index contributed by atoms with van der Waals surface area (Å²) in [4.78, 5) is 16.3. The molecule has 1 unspecified atom stereocenters. The molecule has 0 radical (unpaired) electrons. The lowest BCUT2D eigenvalue weighted by atomic mass is 10.1. The van der Waals surface area contributed by atoms with Gasteiger partial charge in [-0.05, 0) is 36.8 Å². The van der Waals surface area contributed by atoms with Gasteiger partial charge in [0.25, 0.3) is 5.91 Å². The molecule has 3 rings (SSSR count). The van der Waals surface area contributed by atoms with E-state index in [2.05, 4.69) is 15.6 Å². The molecule has 0 bridgehead atoms. The molecule has 2 N–H and O–H groups in total. The lowest BCUT2D eigenvalue weighted by Crippen LogP contribution is -2.27. The highest BCUT2D eigenvalue weighted by Crippen LogP contribution is 2.23. The van der Waals surface area contributed by atoms with Crippen LogP contribution in [-0.4, -0.2) is 10.9 Å². The van der Waals surface area contributed by atoms with Gasteiger partial charge in [0.1, 0.15) is 5.69 Å². The molecule has 1 heterocycles. The second-order valence-corrected chi connectivity index (χ2v) is 5.89. The summed E-state index contributed by atoms with van der Waals surface area (Å²) in [6.07, 6.45) is 1.31. The van der Waals surface area contributed by atoms with Gasteiger partial charge < -0.3 is 10.6 Å². The zero-order valence-corrected chi connectivity index (χ0v) is 14.3. The van der Waals surface area contributed by atoms with Crippen LogP contribution in [0.1, 0.15) is 29.0 Å². The van der Waals surface area contributed by atoms with E-state index in [0.29, 0.717) is 5.69 Å². The van der Waals surface area contributed by atoms with E-state index in [1.807, 2.05) is 37.3 Å². The van der Waals surface area contributed by atoms with Crippen LogP contribution in [0.15, 0.2) is 60.8 Å². The first-order valence-electron chi connectivity index (χ1n) is 8.18. The average Bonchev–Trinajstić information content (AvgIpc) is 2.69. The molecule has 0 aliphatic heterocycles. The number of nitrogens with zero attached hydrogens (tertiary/aromatic N) is 1. The number of halogens is 3. The fraction of sp³-hybridized carbons (Fsp3) is 0.100. The van der Waals surface area contributed by atoms with Crippen molar-refractivity contribution in [1.29, 1.82) is 0 Å².